The first-order valence-electron chi connectivity index (χ1n) is 7.94. The van der Waals surface area contributed by atoms with Crippen LogP contribution < -0.4 is 0 Å². The molecule has 1 aliphatic heterocycles. The summed E-state index contributed by atoms with van der Waals surface area (Å²) in [5, 5.41) is 18.8. The minimum Gasteiger partial charge on any atom is -0.478 e. The van der Waals surface area contributed by atoms with E-state index in [1.54, 1.807) is 20.8 Å². The van der Waals surface area contributed by atoms with Crippen LogP contribution >= 0.6 is 0 Å². The van der Waals surface area contributed by atoms with Gasteiger partial charge in [0.2, 0.25) is 0 Å². The molecule has 1 heterocycles. The largest absolute Gasteiger partial charge is 0.478 e. The first-order valence-corrected chi connectivity index (χ1v) is 7.94. The van der Waals surface area contributed by atoms with Crippen molar-refractivity contribution in [3.8, 4) is 0 Å². The average molecular weight is 330 g/mol. The number of aliphatic hydroxyl groups is 1. The molecule has 0 aromatic carbocycles. The standard InChI is InChI=1S/C16H26O7/c1-5-20-9(2)21-12-6-10(7-13(18)19)11(8-17)14-15(12)23-16(3,4)22-14/h7,9,11-12,14-15,17H,5-6,8H2,1-4H3,(H,18,19)/b10-7+. The topological polar surface area (TPSA) is 94.5 Å². The van der Waals surface area contributed by atoms with Crippen molar-refractivity contribution in [1.29, 1.82) is 0 Å². The van der Waals surface area contributed by atoms with Crippen molar-refractivity contribution < 1.29 is 34.0 Å². The highest BCUT2D eigenvalue weighted by atomic mass is 16.8. The van der Waals surface area contributed by atoms with E-state index in [1.807, 2.05) is 6.92 Å². The molecule has 1 aliphatic carbocycles. The minimum atomic E-state index is -1.05. The normalized spacial score (nSPS) is 36.0. The summed E-state index contributed by atoms with van der Waals surface area (Å²) in [6, 6.07) is 0. The second-order valence-corrected chi connectivity index (χ2v) is 6.31. The van der Waals surface area contributed by atoms with Crippen molar-refractivity contribution in [3.63, 3.8) is 0 Å². The summed E-state index contributed by atoms with van der Waals surface area (Å²) in [7, 11) is 0. The Hall–Kier alpha value is -0.990. The lowest BCUT2D eigenvalue weighted by atomic mass is 9.78. The van der Waals surface area contributed by atoms with E-state index in [0.717, 1.165) is 6.08 Å². The second kappa shape index (κ2) is 7.27. The summed E-state index contributed by atoms with van der Waals surface area (Å²) >= 11 is 0. The van der Waals surface area contributed by atoms with Gasteiger partial charge >= 0.3 is 5.97 Å². The van der Waals surface area contributed by atoms with Crippen LogP contribution in [0, 0.1) is 5.92 Å². The molecule has 1 saturated carbocycles. The van der Waals surface area contributed by atoms with Gasteiger partial charge in [-0.2, -0.15) is 0 Å². The number of rotatable bonds is 6. The van der Waals surface area contributed by atoms with Gasteiger partial charge in [0.25, 0.3) is 0 Å². The Balaban J connectivity index is 2.26. The summed E-state index contributed by atoms with van der Waals surface area (Å²) in [5.41, 5.74) is 0.594. The summed E-state index contributed by atoms with van der Waals surface area (Å²) in [4.78, 5) is 11.1. The summed E-state index contributed by atoms with van der Waals surface area (Å²) in [6.07, 6.45) is -0.168. The number of ether oxygens (including phenoxy) is 4. The number of carbonyl (C=O) groups is 1. The highest BCUT2D eigenvalue weighted by Crippen LogP contribution is 2.43. The Morgan fingerprint density at radius 1 is 1.43 bits per heavy atom. The monoisotopic (exact) mass is 330 g/mol. The summed E-state index contributed by atoms with van der Waals surface area (Å²) < 4.78 is 23.2. The van der Waals surface area contributed by atoms with Crippen LogP contribution in [0.3, 0.4) is 0 Å². The third kappa shape index (κ3) is 4.30. The van der Waals surface area contributed by atoms with Gasteiger partial charge in [-0.05, 0) is 34.1 Å². The fraction of sp³-hybridized carbons (Fsp3) is 0.812. The summed E-state index contributed by atoms with van der Waals surface area (Å²) in [6.45, 7) is 7.57. The predicted molar refractivity (Wildman–Crippen MR) is 80.7 cm³/mol. The molecule has 5 atom stereocenters. The number of aliphatic carboxylic acids is 1. The maximum atomic E-state index is 11.1. The van der Waals surface area contributed by atoms with Gasteiger partial charge < -0.3 is 29.2 Å². The smallest absolute Gasteiger partial charge is 0.328 e. The minimum absolute atomic E-state index is 0.201. The number of carboxylic acids is 1. The Bertz CT molecular complexity index is 459. The summed E-state index contributed by atoms with van der Waals surface area (Å²) in [5.74, 6) is -2.27. The number of hydrogen-bond donors (Lipinski definition) is 2. The molecule has 0 bridgehead atoms. The zero-order chi connectivity index (χ0) is 17.2. The Kier molecular flexibility index (Phi) is 5.80. The van der Waals surface area contributed by atoms with Gasteiger partial charge in [-0.1, -0.05) is 5.57 Å². The maximum absolute atomic E-state index is 11.1. The SMILES string of the molecule is CCOC(C)OC1C/C(=C\C(=O)O)C(CO)C2OC(C)(C)OC12. The van der Waals surface area contributed by atoms with Crippen LogP contribution in [-0.4, -0.2) is 59.8 Å². The Morgan fingerprint density at radius 2 is 2.09 bits per heavy atom. The zero-order valence-electron chi connectivity index (χ0n) is 14.0. The van der Waals surface area contributed by atoms with Crippen molar-refractivity contribution in [2.75, 3.05) is 13.2 Å². The molecular formula is C16H26O7. The predicted octanol–water partition coefficient (Wildman–Crippen LogP) is 1.30. The van der Waals surface area contributed by atoms with E-state index >= 15 is 0 Å². The maximum Gasteiger partial charge on any atom is 0.328 e. The van der Waals surface area contributed by atoms with Crippen LogP contribution in [0.2, 0.25) is 0 Å². The molecule has 2 fully saturated rings. The lowest BCUT2D eigenvalue weighted by Crippen LogP contribution is -2.49. The van der Waals surface area contributed by atoms with Crippen LogP contribution in [0.4, 0.5) is 0 Å². The molecule has 1 saturated heterocycles. The third-order valence-electron chi connectivity index (χ3n) is 4.11. The van der Waals surface area contributed by atoms with E-state index in [4.69, 9.17) is 24.1 Å². The molecule has 0 radical (unpaired) electrons. The fourth-order valence-electron chi connectivity index (χ4n) is 3.32. The molecule has 5 unspecified atom stereocenters. The zero-order valence-corrected chi connectivity index (χ0v) is 14.0. The van der Waals surface area contributed by atoms with E-state index in [-0.39, 0.29) is 12.7 Å². The van der Waals surface area contributed by atoms with Gasteiger partial charge in [0.05, 0.1) is 18.8 Å². The van der Waals surface area contributed by atoms with Crippen LogP contribution in [-0.2, 0) is 23.7 Å². The molecule has 7 heteroatoms. The van der Waals surface area contributed by atoms with Crippen LogP contribution in [0.1, 0.15) is 34.1 Å². The van der Waals surface area contributed by atoms with E-state index in [0.29, 0.717) is 18.6 Å². The molecule has 2 rings (SSSR count). The highest BCUT2D eigenvalue weighted by Gasteiger charge is 2.53. The van der Waals surface area contributed by atoms with Crippen LogP contribution in [0.5, 0.6) is 0 Å². The Labute approximate surface area is 136 Å². The lowest BCUT2D eigenvalue weighted by Gasteiger charge is -2.38. The first kappa shape index (κ1) is 18.4. The number of carboxylic acid groups (broad SMARTS) is 1. The number of fused-ring (bicyclic) bond motifs is 1. The van der Waals surface area contributed by atoms with E-state index in [2.05, 4.69) is 0 Å². The van der Waals surface area contributed by atoms with Crippen molar-refractivity contribution >= 4 is 5.97 Å². The first-order chi connectivity index (χ1) is 10.8. The van der Waals surface area contributed by atoms with Crippen molar-refractivity contribution in [1.82, 2.24) is 0 Å². The average Bonchev–Trinajstić information content (AvgIpc) is 2.74. The number of hydrogen-bond acceptors (Lipinski definition) is 6. The van der Waals surface area contributed by atoms with Crippen molar-refractivity contribution in [2.24, 2.45) is 5.92 Å². The van der Waals surface area contributed by atoms with Crippen molar-refractivity contribution in [3.05, 3.63) is 11.6 Å². The molecule has 132 valence electrons. The van der Waals surface area contributed by atoms with Crippen LogP contribution in [0.15, 0.2) is 11.6 Å². The molecule has 7 nitrogen and oxygen atoms in total. The Morgan fingerprint density at radius 3 is 2.65 bits per heavy atom. The van der Waals surface area contributed by atoms with Crippen molar-refractivity contribution in [2.45, 2.75) is 64.5 Å². The fourth-order valence-corrected chi connectivity index (χ4v) is 3.32. The van der Waals surface area contributed by atoms with Gasteiger partial charge in [-0.3, -0.25) is 0 Å². The molecule has 0 spiro atoms. The van der Waals surface area contributed by atoms with E-state index < -0.39 is 36.2 Å². The second-order valence-electron chi connectivity index (χ2n) is 6.31. The van der Waals surface area contributed by atoms with E-state index in [1.165, 1.54) is 0 Å². The highest BCUT2D eigenvalue weighted by molar-refractivity contribution is 5.80. The lowest BCUT2D eigenvalue weighted by molar-refractivity contribution is -0.201. The molecule has 2 aliphatic rings. The quantitative estimate of drug-likeness (QED) is 0.560. The van der Waals surface area contributed by atoms with Gasteiger partial charge in [-0.15, -0.1) is 0 Å². The molecule has 0 aromatic rings. The molecular weight excluding hydrogens is 304 g/mol. The van der Waals surface area contributed by atoms with Crippen LogP contribution in [0.25, 0.3) is 0 Å². The van der Waals surface area contributed by atoms with Gasteiger partial charge in [0.1, 0.15) is 6.10 Å². The molecule has 0 amide bonds. The van der Waals surface area contributed by atoms with E-state index in [9.17, 15) is 9.90 Å². The molecule has 23 heavy (non-hydrogen) atoms. The molecule has 0 aromatic heterocycles. The van der Waals surface area contributed by atoms with Gasteiger partial charge in [-0.25, -0.2) is 4.79 Å². The number of aliphatic hydroxyl groups excluding tert-OH is 1. The third-order valence-corrected chi connectivity index (χ3v) is 4.11. The molecule has 2 N–H and O–H groups in total. The van der Waals surface area contributed by atoms with Gasteiger partial charge in [0.15, 0.2) is 12.1 Å². The van der Waals surface area contributed by atoms with Gasteiger partial charge in [0, 0.05) is 18.6 Å².